The predicted molar refractivity (Wildman–Crippen MR) is 76.6 cm³/mol. The quantitative estimate of drug-likeness (QED) is 0.859. The third kappa shape index (κ3) is 3.15. The lowest BCUT2D eigenvalue weighted by Crippen LogP contribution is -2.31. The fraction of sp³-hybridized carbons (Fsp3) is 0.357. The highest BCUT2D eigenvalue weighted by Crippen LogP contribution is 2.18. The topological polar surface area (TPSA) is 85.6 Å². The summed E-state index contributed by atoms with van der Waals surface area (Å²) in [6, 6.07) is 7.19. The molecule has 2 heterocycles. The number of nitrogens with one attached hydrogen (secondary N) is 1. The third-order valence-corrected chi connectivity index (χ3v) is 4.85. The molecular formula is C14H15NO5S. The van der Waals surface area contributed by atoms with Crippen molar-refractivity contribution in [1.29, 1.82) is 0 Å². The fourth-order valence-electron chi connectivity index (χ4n) is 2.31. The molecule has 0 saturated carbocycles. The van der Waals surface area contributed by atoms with Crippen LogP contribution in [0, 0.1) is 0 Å². The zero-order valence-electron chi connectivity index (χ0n) is 11.2. The monoisotopic (exact) mass is 309 g/mol. The first-order chi connectivity index (χ1) is 10.0. The first-order valence-electron chi connectivity index (χ1n) is 6.70. The second-order valence-corrected chi connectivity index (χ2v) is 6.71. The lowest BCUT2D eigenvalue weighted by atomic mass is 10.2. The molecule has 1 atom stereocenters. The molecule has 0 bridgehead atoms. The number of sulfonamides is 1. The molecule has 0 aliphatic carbocycles. The van der Waals surface area contributed by atoms with E-state index in [9.17, 15) is 13.2 Å². The van der Waals surface area contributed by atoms with Gasteiger partial charge in [-0.1, -0.05) is 0 Å². The van der Waals surface area contributed by atoms with E-state index < -0.39 is 15.6 Å². The van der Waals surface area contributed by atoms with Crippen LogP contribution >= 0.6 is 0 Å². The summed E-state index contributed by atoms with van der Waals surface area (Å²) in [5.74, 6) is 0. The summed E-state index contributed by atoms with van der Waals surface area (Å²) in [6.45, 7) is 0.950. The summed E-state index contributed by atoms with van der Waals surface area (Å²) in [7, 11) is -3.60. The number of hydrogen-bond acceptors (Lipinski definition) is 5. The Labute approximate surface area is 121 Å². The molecule has 1 fully saturated rings. The first kappa shape index (κ1) is 14.2. The average molecular weight is 309 g/mol. The maximum Gasteiger partial charge on any atom is 0.336 e. The van der Waals surface area contributed by atoms with E-state index in [1.54, 1.807) is 6.07 Å². The summed E-state index contributed by atoms with van der Waals surface area (Å²) in [6.07, 6.45) is 1.77. The van der Waals surface area contributed by atoms with E-state index in [1.807, 2.05) is 0 Å². The van der Waals surface area contributed by atoms with E-state index >= 15 is 0 Å². The van der Waals surface area contributed by atoms with Crippen LogP contribution in [0.5, 0.6) is 0 Å². The molecule has 1 saturated heterocycles. The van der Waals surface area contributed by atoms with Gasteiger partial charge in [-0.15, -0.1) is 0 Å². The van der Waals surface area contributed by atoms with Crippen molar-refractivity contribution in [3.05, 3.63) is 40.8 Å². The largest absolute Gasteiger partial charge is 0.423 e. The number of hydrogen-bond donors (Lipinski definition) is 1. The smallest absolute Gasteiger partial charge is 0.336 e. The predicted octanol–water partition coefficient (Wildman–Crippen LogP) is 1.25. The minimum absolute atomic E-state index is 0.0572. The lowest BCUT2D eigenvalue weighted by molar-refractivity contribution is 0.114. The van der Waals surface area contributed by atoms with Crippen molar-refractivity contribution in [3.63, 3.8) is 0 Å². The van der Waals surface area contributed by atoms with Crippen LogP contribution < -0.4 is 10.3 Å². The van der Waals surface area contributed by atoms with Crippen LogP contribution in [0.15, 0.2) is 44.4 Å². The Morgan fingerprint density at radius 3 is 2.86 bits per heavy atom. The maximum atomic E-state index is 12.2. The highest BCUT2D eigenvalue weighted by atomic mass is 32.2. The molecule has 1 unspecified atom stereocenters. The van der Waals surface area contributed by atoms with Gasteiger partial charge in [0.15, 0.2) is 0 Å². The standard InChI is InChI=1S/C14H15NO5S/c16-14-6-3-10-8-12(4-5-13(10)20-14)21(17,18)15-9-11-2-1-7-19-11/h3-6,8,11,15H,1-2,7,9H2. The highest BCUT2D eigenvalue weighted by molar-refractivity contribution is 7.89. The Kier molecular flexibility index (Phi) is 3.79. The van der Waals surface area contributed by atoms with Crippen molar-refractivity contribution in [2.75, 3.05) is 13.2 Å². The van der Waals surface area contributed by atoms with Gasteiger partial charge in [-0.25, -0.2) is 17.9 Å². The van der Waals surface area contributed by atoms with Crippen molar-refractivity contribution in [2.24, 2.45) is 0 Å². The van der Waals surface area contributed by atoms with Gasteiger partial charge in [-0.2, -0.15) is 0 Å². The van der Waals surface area contributed by atoms with Crippen molar-refractivity contribution in [2.45, 2.75) is 23.8 Å². The number of fused-ring (bicyclic) bond motifs is 1. The normalized spacial score (nSPS) is 19.1. The minimum Gasteiger partial charge on any atom is -0.423 e. The van der Waals surface area contributed by atoms with Gasteiger partial charge < -0.3 is 9.15 Å². The van der Waals surface area contributed by atoms with E-state index in [0.29, 0.717) is 17.6 Å². The second-order valence-electron chi connectivity index (χ2n) is 4.94. The SMILES string of the molecule is O=c1ccc2cc(S(=O)(=O)NCC3CCCO3)ccc2o1. The summed E-state index contributed by atoms with van der Waals surface area (Å²) in [5.41, 5.74) is -0.102. The number of ether oxygens (including phenoxy) is 1. The molecule has 1 aliphatic heterocycles. The molecule has 112 valence electrons. The van der Waals surface area contributed by atoms with Gasteiger partial charge in [0.05, 0.1) is 11.0 Å². The van der Waals surface area contributed by atoms with Gasteiger partial charge in [0, 0.05) is 24.6 Å². The van der Waals surface area contributed by atoms with Crippen LogP contribution in [0.4, 0.5) is 0 Å². The van der Waals surface area contributed by atoms with E-state index in [4.69, 9.17) is 9.15 Å². The van der Waals surface area contributed by atoms with E-state index in [2.05, 4.69) is 4.72 Å². The molecule has 1 aromatic carbocycles. The zero-order chi connectivity index (χ0) is 14.9. The fourth-order valence-corrected chi connectivity index (χ4v) is 3.41. The molecule has 1 aromatic heterocycles. The van der Waals surface area contributed by atoms with Crippen LogP contribution in [-0.4, -0.2) is 27.7 Å². The van der Waals surface area contributed by atoms with E-state index in [-0.39, 0.29) is 17.5 Å². The van der Waals surface area contributed by atoms with Crippen molar-refractivity contribution in [3.8, 4) is 0 Å². The van der Waals surface area contributed by atoms with Gasteiger partial charge in [-0.3, -0.25) is 0 Å². The number of benzene rings is 1. The Hall–Kier alpha value is -1.70. The molecular weight excluding hydrogens is 294 g/mol. The summed E-state index contributed by atoms with van der Waals surface area (Å²) in [4.78, 5) is 11.2. The van der Waals surface area contributed by atoms with Gasteiger partial charge in [0.1, 0.15) is 5.58 Å². The molecule has 21 heavy (non-hydrogen) atoms. The second kappa shape index (κ2) is 5.59. The molecule has 0 spiro atoms. The molecule has 1 N–H and O–H groups in total. The minimum atomic E-state index is -3.60. The number of rotatable bonds is 4. The molecule has 3 rings (SSSR count). The van der Waals surface area contributed by atoms with Crippen molar-refractivity contribution in [1.82, 2.24) is 4.72 Å². The third-order valence-electron chi connectivity index (χ3n) is 3.43. The van der Waals surface area contributed by atoms with Gasteiger partial charge in [-0.05, 0) is 37.1 Å². The summed E-state index contributed by atoms with van der Waals surface area (Å²) in [5, 5.41) is 0.564. The molecule has 7 heteroatoms. The Morgan fingerprint density at radius 2 is 2.10 bits per heavy atom. The first-order valence-corrected chi connectivity index (χ1v) is 8.18. The lowest BCUT2D eigenvalue weighted by Gasteiger charge is -2.11. The molecule has 6 nitrogen and oxygen atoms in total. The highest BCUT2D eigenvalue weighted by Gasteiger charge is 2.20. The summed E-state index contributed by atoms with van der Waals surface area (Å²) < 4.78 is 37.4. The van der Waals surface area contributed by atoms with Crippen molar-refractivity contribution < 1.29 is 17.6 Å². The van der Waals surface area contributed by atoms with E-state index in [1.165, 1.54) is 24.3 Å². The van der Waals surface area contributed by atoms with Crippen LogP contribution in [-0.2, 0) is 14.8 Å². The van der Waals surface area contributed by atoms with Gasteiger partial charge >= 0.3 is 5.63 Å². The Balaban J connectivity index is 1.84. The molecule has 1 aliphatic rings. The summed E-state index contributed by atoms with van der Waals surface area (Å²) >= 11 is 0. The van der Waals surface area contributed by atoms with E-state index in [0.717, 1.165) is 12.8 Å². The molecule has 0 radical (unpaired) electrons. The van der Waals surface area contributed by atoms with Crippen LogP contribution in [0.1, 0.15) is 12.8 Å². The Bertz CT molecular complexity index is 805. The average Bonchev–Trinajstić information content (AvgIpc) is 2.98. The van der Waals surface area contributed by atoms with Gasteiger partial charge in [0.25, 0.3) is 0 Å². The molecule has 0 amide bonds. The maximum absolute atomic E-state index is 12.2. The van der Waals surface area contributed by atoms with Crippen LogP contribution in [0.2, 0.25) is 0 Å². The van der Waals surface area contributed by atoms with Crippen LogP contribution in [0.3, 0.4) is 0 Å². The molecule has 2 aromatic rings. The zero-order valence-corrected chi connectivity index (χ0v) is 12.1. The Morgan fingerprint density at radius 1 is 1.24 bits per heavy atom. The van der Waals surface area contributed by atoms with Crippen molar-refractivity contribution >= 4 is 21.0 Å². The van der Waals surface area contributed by atoms with Gasteiger partial charge in [0.2, 0.25) is 10.0 Å². The van der Waals surface area contributed by atoms with Crippen LogP contribution in [0.25, 0.3) is 11.0 Å².